The summed E-state index contributed by atoms with van der Waals surface area (Å²) < 4.78 is 5.80. The summed E-state index contributed by atoms with van der Waals surface area (Å²) in [7, 11) is 0. The molecule has 0 spiro atoms. The lowest BCUT2D eigenvalue weighted by atomic mass is 10.2. The van der Waals surface area contributed by atoms with Gasteiger partial charge in [-0.15, -0.1) is 11.3 Å². The first-order valence-corrected chi connectivity index (χ1v) is 9.59. The van der Waals surface area contributed by atoms with E-state index in [9.17, 15) is 14.4 Å². The minimum atomic E-state index is -1.10. The van der Waals surface area contributed by atoms with E-state index in [0.717, 1.165) is 21.9 Å². The van der Waals surface area contributed by atoms with Gasteiger partial charge in [0.25, 0.3) is 0 Å². The highest BCUT2D eigenvalue weighted by atomic mass is 35.5. The lowest BCUT2D eigenvalue weighted by Crippen LogP contribution is -2.48. The molecule has 25 heavy (non-hydrogen) atoms. The van der Waals surface area contributed by atoms with Crippen molar-refractivity contribution in [1.29, 1.82) is 0 Å². The molecule has 3 heterocycles. The second-order valence-electron chi connectivity index (χ2n) is 5.69. The molecule has 2 aliphatic rings. The van der Waals surface area contributed by atoms with Crippen molar-refractivity contribution >= 4 is 58.0 Å². The number of amides is 1. The highest BCUT2D eigenvalue weighted by molar-refractivity contribution is 8.02. The first-order valence-electron chi connectivity index (χ1n) is 7.58. The molecule has 1 saturated heterocycles. The van der Waals surface area contributed by atoms with Crippen LogP contribution in [0.2, 0.25) is 4.34 Å². The number of thioether (sulfide) groups is 1. The lowest BCUT2D eigenvalue weighted by molar-refractivity contribution is -0.145. The third-order valence-electron chi connectivity index (χ3n) is 4.17. The van der Waals surface area contributed by atoms with Crippen LogP contribution in [0.5, 0.6) is 0 Å². The summed E-state index contributed by atoms with van der Waals surface area (Å²) >= 11 is 8.28. The van der Waals surface area contributed by atoms with E-state index >= 15 is 0 Å². The molecule has 2 aromatic rings. The van der Waals surface area contributed by atoms with Crippen molar-refractivity contribution in [2.45, 2.75) is 22.6 Å². The number of ketones is 1. The van der Waals surface area contributed by atoms with Crippen LogP contribution in [0.15, 0.2) is 41.3 Å². The van der Waals surface area contributed by atoms with Gasteiger partial charge < -0.3 is 4.74 Å². The summed E-state index contributed by atoms with van der Waals surface area (Å²) in [6.45, 7) is -0.365. The van der Waals surface area contributed by atoms with Crippen LogP contribution in [0.1, 0.15) is 22.5 Å². The molecule has 1 fully saturated rings. The molecule has 1 amide bonds. The van der Waals surface area contributed by atoms with E-state index in [-0.39, 0.29) is 24.7 Å². The lowest BCUT2D eigenvalue weighted by Gasteiger charge is -2.28. The van der Waals surface area contributed by atoms with E-state index in [1.165, 1.54) is 16.7 Å². The summed E-state index contributed by atoms with van der Waals surface area (Å²) in [4.78, 5) is 39.0. The topological polar surface area (TPSA) is 63.7 Å². The fraction of sp³-hybridized carbons (Fsp3) is 0.235. The zero-order valence-electron chi connectivity index (χ0n) is 12.9. The Kier molecular flexibility index (Phi) is 4.10. The first kappa shape index (κ1) is 16.6. The molecule has 0 saturated carbocycles. The second kappa shape index (κ2) is 6.16. The number of benzene rings is 1. The van der Waals surface area contributed by atoms with E-state index in [2.05, 4.69) is 0 Å². The van der Waals surface area contributed by atoms with E-state index in [1.54, 1.807) is 12.1 Å². The number of para-hydroxylation sites is 1. The van der Waals surface area contributed by atoms with Crippen LogP contribution in [-0.4, -0.2) is 29.1 Å². The number of hydrogen-bond donors (Lipinski definition) is 0. The zero-order valence-corrected chi connectivity index (χ0v) is 15.2. The number of halogens is 1. The highest BCUT2D eigenvalue weighted by Crippen LogP contribution is 2.56. The number of nitrogens with zero attached hydrogens (tertiary/aromatic N) is 1. The van der Waals surface area contributed by atoms with Crippen molar-refractivity contribution in [2.24, 2.45) is 0 Å². The van der Waals surface area contributed by atoms with E-state index in [0.29, 0.717) is 15.6 Å². The Hall–Kier alpha value is -1.83. The van der Waals surface area contributed by atoms with Crippen molar-refractivity contribution in [3.05, 3.63) is 45.6 Å². The fourth-order valence-corrected chi connectivity index (χ4v) is 5.43. The molecule has 1 unspecified atom stereocenters. The Morgan fingerprint density at radius 1 is 1.24 bits per heavy atom. The van der Waals surface area contributed by atoms with Crippen LogP contribution in [0.4, 0.5) is 5.69 Å². The maximum Gasteiger partial charge on any atom is 0.343 e. The number of rotatable bonds is 4. The number of carbonyl (C=O) groups excluding carboxylic acids is 3. The van der Waals surface area contributed by atoms with Crippen molar-refractivity contribution in [2.75, 3.05) is 11.5 Å². The first-order chi connectivity index (χ1) is 12.0. The predicted octanol–water partition coefficient (Wildman–Crippen LogP) is 3.76. The largest absolute Gasteiger partial charge is 0.455 e. The monoisotopic (exact) mass is 393 g/mol. The Morgan fingerprint density at radius 3 is 2.80 bits per heavy atom. The molecular formula is C17H12ClNO4S2. The van der Waals surface area contributed by atoms with Crippen LogP contribution < -0.4 is 4.90 Å². The van der Waals surface area contributed by atoms with Crippen molar-refractivity contribution in [3.8, 4) is 0 Å². The van der Waals surface area contributed by atoms with Gasteiger partial charge in [0.15, 0.2) is 11.5 Å². The van der Waals surface area contributed by atoms with Gasteiger partial charge in [0.1, 0.15) is 0 Å². The number of fused-ring (bicyclic) bond motifs is 3. The zero-order chi connectivity index (χ0) is 17.6. The molecule has 1 atom stereocenters. The Bertz CT molecular complexity index is 896. The van der Waals surface area contributed by atoms with Gasteiger partial charge in [-0.3, -0.25) is 14.5 Å². The number of anilines is 1. The summed E-state index contributed by atoms with van der Waals surface area (Å²) in [6, 6.07) is 10.6. The molecule has 4 rings (SSSR count). The van der Waals surface area contributed by atoms with Crippen molar-refractivity contribution < 1.29 is 19.1 Å². The van der Waals surface area contributed by atoms with Gasteiger partial charge in [0.2, 0.25) is 11.7 Å². The van der Waals surface area contributed by atoms with Gasteiger partial charge in [-0.25, -0.2) is 4.79 Å². The Balaban J connectivity index is 1.54. The van der Waals surface area contributed by atoms with Crippen molar-refractivity contribution in [1.82, 2.24) is 0 Å². The molecule has 0 N–H and O–H groups in total. The van der Waals surface area contributed by atoms with E-state index in [1.807, 2.05) is 24.3 Å². The van der Waals surface area contributed by atoms with Crippen LogP contribution in [0.3, 0.4) is 0 Å². The molecule has 1 aromatic carbocycles. The van der Waals surface area contributed by atoms with E-state index < -0.39 is 10.8 Å². The molecule has 8 heteroatoms. The number of carbonyl (C=O) groups is 3. The van der Waals surface area contributed by atoms with Crippen LogP contribution in [-0.2, 0) is 14.3 Å². The third-order valence-corrected chi connectivity index (χ3v) is 6.90. The number of Topliss-reactive ketones (excluding diaryl/α,β-unsaturated/α-hetero) is 1. The highest BCUT2D eigenvalue weighted by Gasteiger charge is 2.58. The molecule has 0 bridgehead atoms. The summed E-state index contributed by atoms with van der Waals surface area (Å²) in [6.07, 6.45) is 0.647. The van der Waals surface area contributed by atoms with Gasteiger partial charge in [-0.05, 0) is 24.3 Å². The molecule has 5 nitrogen and oxygen atoms in total. The SMILES string of the molecule is O=C(COC(=O)C12CCC(=O)N1c1ccccc1S2)c1ccc(Cl)s1. The van der Waals surface area contributed by atoms with Crippen LogP contribution >= 0.6 is 34.7 Å². The average Bonchev–Trinajstić information content (AvgIpc) is 3.27. The van der Waals surface area contributed by atoms with Gasteiger partial charge >= 0.3 is 5.97 Å². The standard InChI is InChI=1S/C17H12ClNO4S2/c18-14-6-5-13(24-14)11(20)9-23-16(22)17-8-7-15(21)19(17)10-3-1-2-4-12(10)25-17/h1-6H,7-9H2. The minimum Gasteiger partial charge on any atom is -0.455 e. The number of thiophene rings is 1. The van der Waals surface area contributed by atoms with Gasteiger partial charge in [0, 0.05) is 17.7 Å². The molecule has 2 aliphatic heterocycles. The van der Waals surface area contributed by atoms with Gasteiger partial charge in [-0.2, -0.15) is 0 Å². The number of hydrogen-bond acceptors (Lipinski definition) is 6. The second-order valence-corrected chi connectivity index (χ2v) is 8.72. The smallest absolute Gasteiger partial charge is 0.343 e. The Labute approximate surface area is 156 Å². The van der Waals surface area contributed by atoms with Crippen molar-refractivity contribution in [3.63, 3.8) is 0 Å². The molecular weight excluding hydrogens is 382 g/mol. The third kappa shape index (κ3) is 2.67. The van der Waals surface area contributed by atoms with Crippen LogP contribution in [0.25, 0.3) is 0 Å². The quantitative estimate of drug-likeness (QED) is 0.584. The van der Waals surface area contributed by atoms with Gasteiger partial charge in [-0.1, -0.05) is 35.5 Å². The number of esters is 1. The summed E-state index contributed by atoms with van der Waals surface area (Å²) in [5.74, 6) is -0.973. The van der Waals surface area contributed by atoms with E-state index in [4.69, 9.17) is 16.3 Å². The molecule has 1 aromatic heterocycles. The van der Waals surface area contributed by atoms with Crippen LogP contribution in [0, 0.1) is 0 Å². The predicted molar refractivity (Wildman–Crippen MR) is 96.4 cm³/mol. The molecule has 0 radical (unpaired) electrons. The molecule has 0 aliphatic carbocycles. The maximum absolute atomic E-state index is 12.8. The van der Waals surface area contributed by atoms with Gasteiger partial charge in [0.05, 0.1) is 14.9 Å². The average molecular weight is 394 g/mol. The molecule has 128 valence electrons. The number of ether oxygens (including phenoxy) is 1. The summed E-state index contributed by atoms with van der Waals surface area (Å²) in [5.41, 5.74) is 0.725. The Morgan fingerprint density at radius 2 is 2.04 bits per heavy atom. The maximum atomic E-state index is 12.8. The minimum absolute atomic E-state index is 0.106. The summed E-state index contributed by atoms with van der Waals surface area (Å²) in [5, 5.41) is 0. The normalized spacial score (nSPS) is 21.2. The fourth-order valence-electron chi connectivity index (χ4n) is 3.05.